The fraction of sp³-hybridized carbons (Fsp3) is 0.750. The molecule has 3 aliphatic heterocycles. The van der Waals surface area contributed by atoms with Crippen molar-refractivity contribution < 1.29 is 18.0 Å². The van der Waals surface area contributed by atoms with E-state index in [1.165, 1.54) is 18.6 Å². The molecule has 202 valence electrons. The molecule has 8 heteroatoms. The summed E-state index contributed by atoms with van der Waals surface area (Å²) >= 11 is 0. The molecule has 4 rings (SSSR count). The second kappa shape index (κ2) is 12.2. The van der Waals surface area contributed by atoms with Gasteiger partial charge in [0.2, 0.25) is 5.91 Å². The minimum atomic E-state index is -4.32. The Balaban J connectivity index is 1.36. The molecule has 1 aromatic rings. The summed E-state index contributed by atoms with van der Waals surface area (Å²) in [5.74, 6) is 1.38. The van der Waals surface area contributed by atoms with Gasteiger partial charge in [-0.2, -0.15) is 13.2 Å². The highest BCUT2D eigenvalue weighted by Crippen LogP contribution is 2.33. The number of piperazine rings is 1. The second-order valence-electron chi connectivity index (χ2n) is 11.3. The average molecular weight is 509 g/mol. The fourth-order valence-electron chi connectivity index (χ4n) is 6.34. The summed E-state index contributed by atoms with van der Waals surface area (Å²) in [6.45, 7) is 12.7. The lowest BCUT2D eigenvalue weighted by molar-refractivity contribution is -0.137. The van der Waals surface area contributed by atoms with Crippen LogP contribution in [0.4, 0.5) is 18.9 Å². The van der Waals surface area contributed by atoms with E-state index in [2.05, 4.69) is 33.4 Å². The SMILES string of the molecule is CC(C)CN1CC[C@H](N2CCN(c3cccc(C(F)(F)F)c3)CC2)[C@H](CCC(=O)N2CCCCC2)C1. The summed E-state index contributed by atoms with van der Waals surface area (Å²) < 4.78 is 39.6. The van der Waals surface area contributed by atoms with Gasteiger partial charge in [0.05, 0.1) is 5.56 Å². The van der Waals surface area contributed by atoms with E-state index in [0.29, 0.717) is 35.9 Å². The number of amides is 1. The summed E-state index contributed by atoms with van der Waals surface area (Å²) in [4.78, 5) is 22.1. The monoisotopic (exact) mass is 508 g/mol. The number of benzene rings is 1. The van der Waals surface area contributed by atoms with Crippen LogP contribution in [0.5, 0.6) is 0 Å². The number of rotatable bonds is 7. The molecule has 1 aromatic carbocycles. The van der Waals surface area contributed by atoms with E-state index < -0.39 is 11.7 Å². The van der Waals surface area contributed by atoms with Crippen molar-refractivity contribution in [2.45, 2.75) is 64.6 Å². The summed E-state index contributed by atoms with van der Waals surface area (Å²) in [5.41, 5.74) is 0.0679. The van der Waals surface area contributed by atoms with Crippen LogP contribution in [0.25, 0.3) is 0 Å². The van der Waals surface area contributed by atoms with Crippen LogP contribution in [0, 0.1) is 11.8 Å². The Morgan fingerprint density at radius 3 is 2.39 bits per heavy atom. The molecule has 3 saturated heterocycles. The Morgan fingerprint density at radius 2 is 1.72 bits per heavy atom. The van der Waals surface area contributed by atoms with Crippen molar-refractivity contribution in [1.29, 1.82) is 0 Å². The summed E-state index contributed by atoms with van der Waals surface area (Å²) in [7, 11) is 0. The fourth-order valence-corrected chi connectivity index (χ4v) is 6.34. The van der Waals surface area contributed by atoms with Crippen LogP contribution >= 0.6 is 0 Å². The lowest BCUT2D eigenvalue weighted by Crippen LogP contribution is -2.57. The molecular weight excluding hydrogens is 465 g/mol. The molecule has 0 N–H and O–H groups in total. The maximum Gasteiger partial charge on any atom is 0.416 e. The van der Waals surface area contributed by atoms with Gasteiger partial charge >= 0.3 is 6.18 Å². The number of alkyl halides is 3. The molecule has 3 fully saturated rings. The van der Waals surface area contributed by atoms with Crippen molar-refractivity contribution in [3.63, 3.8) is 0 Å². The molecule has 0 aromatic heterocycles. The van der Waals surface area contributed by atoms with Gasteiger partial charge in [-0.15, -0.1) is 0 Å². The Labute approximate surface area is 214 Å². The van der Waals surface area contributed by atoms with Crippen molar-refractivity contribution in [3.8, 4) is 0 Å². The molecule has 0 saturated carbocycles. The van der Waals surface area contributed by atoms with Gasteiger partial charge in [0.1, 0.15) is 0 Å². The zero-order valence-electron chi connectivity index (χ0n) is 22.0. The molecule has 2 atom stereocenters. The first-order valence-electron chi connectivity index (χ1n) is 13.9. The molecule has 0 aliphatic carbocycles. The minimum Gasteiger partial charge on any atom is -0.369 e. The summed E-state index contributed by atoms with van der Waals surface area (Å²) in [6.07, 6.45) is 1.79. The van der Waals surface area contributed by atoms with E-state index in [9.17, 15) is 18.0 Å². The van der Waals surface area contributed by atoms with E-state index >= 15 is 0 Å². The number of halogens is 3. The van der Waals surface area contributed by atoms with Crippen molar-refractivity contribution >= 4 is 11.6 Å². The number of likely N-dealkylation sites (tertiary alicyclic amines) is 2. The van der Waals surface area contributed by atoms with Crippen LogP contribution in [0.15, 0.2) is 24.3 Å². The van der Waals surface area contributed by atoms with Gasteiger partial charge in [0.25, 0.3) is 0 Å². The first-order valence-corrected chi connectivity index (χ1v) is 13.9. The van der Waals surface area contributed by atoms with Gasteiger partial charge < -0.3 is 14.7 Å². The zero-order chi connectivity index (χ0) is 25.7. The Morgan fingerprint density at radius 1 is 1.00 bits per heavy atom. The smallest absolute Gasteiger partial charge is 0.369 e. The number of hydrogen-bond donors (Lipinski definition) is 0. The van der Waals surface area contributed by atoms with Crippen molar-refractivity contribution in [2.75, 3.05) is 63.8 Å². The van der Waals surface area contributed by atoms with E-state index in [-0.39, 0.29) is 0 Å². The van der Waals surface area contributed by atoms with Gasteiger partial charge in [-0.1, -0.05) is 19.9 Å². The third kappa shape index (κ3) is 7.15. The van der Waals surface area contributed by atoms with Gasteiger partial charge in [-0.05, 0) is 68.7 Å². The molecule has 0 radical (unpaired) electrons. The van der Waals surface area contributed by atoms with Crippen LogP contribution < -0.4 is 4.90 Å². The summed E-state index contributed by atoms with van der Waals surface area (Å²) in [6, 6.07) is 6.13. The molecule has 0 spiro atoms. The maximum absolute atomic E-state index is 13.2. The van der Waals surface area contributed by atoms with E-state index in [1.807, 2.05) is 0 Å². The Bertz CT molecular complexity index is 847. The molecule has 5 nitrogen and oxygen atoms in total. The quantitative estimate of drug-likeness (QED) is 0.521. The van der Waals surface area contributed by atoms with Crippen LogP contribution in [-0.2, 0) is 11.0 Å². The highest BCUT2D eigenvalue weighted by Gasteiger charge is 2.36. The van der Waals surface area contributed by atoms with E-state index in [0.717, 1.165) is 90.7 Å². The third-order valence-electron chi connectivity index (χ3n) is 8.16. The predicted octanol–water partition coefficient (Wildman–Crippen LogP) is 4.97. The largest absolute Gasteiger partial charge is 0.416 e. The van der Waals surface area contributed by atoms with Crippen LogP contribution in [0.1, 0.15) is 57.9 Å². The minimum absolute atomic E-state index is 0.309. The average Bonchev–Trinajstić information content (AvgIpc) is 2.87. The highest BCUT2D eigenvalue weighted by atomic mass is 19.4. The molecule has 0 bridgehead atoms. The first-order chi connectivity index (χ1) is 17.2. The number of hydrogen-bond acceptors (Lipinski definition) is 4. The molecule has 3 aliphatic rings. The Hall–Kier alpha value is -1.80. The lowest BCUT2D eigenvalue weighted by atomic mass is 9.86. The van der Waals surface area contributed by atoms with Gasteiger partial charge in [0.15, 0.2) is 0 Å². The van der Waals surface area contributed by atoms with Gasteiger partial charge in [-0.3, -0.25) is 9.69 Å². The van der Waals surface area contributed by atoms with E-state index in [1.54, 1.807) is 6.07 Å². The van der Waals surface area contributed by atoms with Crippen LogP contribution in [0.2, 0.25) is 0 Å². The molecule has 3 heterocycles. The molecule has 36 heavy (non-hydrogen) atoms. The molecular formula is C28H43F3N4O. The van der Waals surface area contributed by atoms with Crippen molar-refractivity contribution in [2.24, 2.45) is 11.8 Å². The van der Waals surface area contributed by atoms with Gasteiger partial charge in [0, 0.05) is 70.5 Å². The number of carbonyl (C=O) groups is 1. The highest BCUT2D eigenvalue weighted by molar-refractivity contribution is 5.76. The van der Waals surface area contributed by atoms with Gasteiger partial charge in [-0.25, -0.2) is 0 Å². The standard InChI is InChI=1S/C28H43F3N4O/c1-22(2)20-32-14-11-26(23(21-32)9-10-27(36)35-12-4-3-5-13-35)34-17-15-33(16-18-34)25-8-6-7-24(19-25)28(29,30)31/h6-8,19,22-23,26H,3-5,9-18,20-21H2,1-2H3/t23-,26+/m1/s1. The first kappa shape index (κ1) is 27.2. The van der Waals surface area contributed by atoms with E-state index in [4.69, 9.17) is 0 Å². The second-order valence-corrected chi connectivity index (χ2v) is 11.3. The lowest BCUT2D eigenvalue weighted by Gasteiger charge is -2.47. The summed E-state index contributed by atoms with van der Waals surface area (Å²) in [5, 5.41) is 0. The molecule has 0 unspecified atom stereocenters. The third-order valence-corrected chi connectivity index (χ3v) is 8.16. The van der Waals surface area contributed by atoms with Crippen LogP contribution in [-0.4, -0.2) is 85.6 Å². The topological polar surface area (TPSA) is 30.0 Å². The zero-order valence-corrected chi connectivity index (χ0v) is 22.0. The predicted molar refractivity (Wildman–Crippen MR) is 138 cm³/mol. The number of carbonyl (C=O) groups excluding carboxylic acids is 1. The maximum atomic E-state index is 13.2. The normalized spacial score (nSPS) is 24.9. The van der Waals surface area contributed by atoms with Crippen molar-refractivity contribution in [3.05, 3.63) is 29.8 Å². The van der Waals surface area contributed by atoms with Crippen LogP contribution in [0.3, 0.4) is 0 Å². The Kier molecular flexibility index (Phi) is 9.20. The number of nitrogens with zero attached hydrogens (tertiary/aromatic N) is 4. The number of anilines is 1. The van der Waals surface area contributed by atoms with Crippen molar-refractivity contribution in [1.82, 2.24) is 14.7 Å². The number of piperidine rings is 2. The molecule has 1 amide bonds.